The monoisotopic (exact) mass is 264 g/mol. The van der Waals surface area contributed by atoms with E-state index in [1.54, 1.807) is 14.2 Å². The quantitative estimate of drug-likeness (QED) is 0.906. The normalized spacial score (nSPS) is 24.0. The lowest BCUT2D eigenvalue weighted by Crippen LogP contribution is -2.42. The van der Waals surface area contributed by atoms with Gasteiger partial charge in [0.1, 0.15) is 11.5 Å². The Labute approximate surface area is 115 Å². The lowest BCUT2D eigenvalue weighted by Gasteiger charge is -2.35. The number of anilines is 1. The Morgan fingerprint density at radius 2 is 1.79 bits per heavy atom. The maximum atomic E-state index is 5.30. The Balaban J connectivity index is 2.06. The molecular formula is C15H24N2O2. The Hall–Kier alpha value is -1.42. The number of rotatable bonds is 4. The van der Waals surface area contributed by atoms with Gasteiger partial charge in [-0.05, 0) is 26.8 Å². The zero-order chi connectivity index (χ0) is 13.8. The van der Waals surface area contributed by atoms with Crippen molar-refractivity contribution < 1.29 is 9.47 Å². The van der Waals surface area contributed by atoms with Crippen molar-refractivity contribution in [1.29, 1.82) is 0 Å². The average Bonchev–Trinajstić information content (AvgIpc) is 2.42. The van der Waals surface area contributed by atoms with E-state index in [1.807, 2.05) is 18.2 Å². The molecule has 0 saturated carbocycles. The summed E-state index contributed by atoms with van der Waals surface area (Å²) in [6.07, 6.45) is 2.33. The molecule has 2 rings (SSSR count). The highest BCUT2D eigenvalue weighted by molar-refractivity contribution is 5.54. The molecule has 1 aliphatic heterocycles. The van der Waals surface area contributed by atoms with Gasteiger partial charge in [0.05, 0.1) is 14.2 Å². The lowest BCUT2D eigenvalue weighted by atomic mass is 9.98. The van der Waals surface area contributed by atoms with E-state index in [2.05, 4.69) is 24.2 Å². The summed E-state index contributed by atoms with van der Waals surface area (Å²) in [7, 11) is 5.54. The number of benzene rings is 1. The van der Waals surface area contributed by atoms with Gasteiger partial charge in [-0.1, -0.05) is 0 Å². The smallest absolute Gasteiger partial charge is 0.124 e. The largest absolute Gasteiger partial charge is 0.497 e. The van der Waals surface area contributed by atoms with Crippen molar-refractivity contribution in [1.82, 2.24) is 4.90 Å². The molecular weight excluding hydrogens is 240 g/mol. The van der Waals surface area contributed by atoms with Crippen LogP contribution >= 0.6 is 0 Å². The highest BCUT2D eigenvalue weighted by atomic mass is 16.5. The maximum Gasteiger partial charge on any atom is 0.124 e. The second kappa shape index (κ2) is 6.15. The third kappa shape index (κ3) is 3.53. The van der Waals surface area contributed by atoms with Gasteiger partial charge >= 0.3 is 0 Å². The number of nitrogens with zero attached hydrogens (tertiary/aromatic N) is 1. The Morgan fingerprint density at radius 3 is 2.32 bits per heavy atom. The van der Waals surface area contributed by atoms with Crippen LogP contribution in [-0.2, 0) is 0 Å². The predicted molar refractivity (Wildman–Crippen MR) is 78.3 cm³/mol. The minimum Gasteiger partial charge on any atom is -0.497 e. The molecule has 1 aliphatic rings. The third-order valence-electron chi connectivity index (χ3n) is 3.93. The van der Waals surface area contributed by atoms with E-state index >= 15 is 0 Å². The summed E-state index contributed by atoms with van der Waals surface area (Å²) in [6, 6.07) is 7.07. The molecule has 0 spiro atoms. The van der Waals surface area contributed by atoms with Crippen molar-refractivity contribution >= 4 is 5.69 Å². The molecule has 19 heavy (non-hydrogen) atoms. The van der Waals surface area contributed by atoms with Gasteiger partial charge in [0.15, 0.2) is 0 Å². The third-order valence-corrected chi connectivity index (χ3v) is 3.93. The molecule has 0 radical (unpaired) electrons. The van der Waals surface area contributed by atoms with E-state index in [9.17, 15) is 0 Å². The molecule has 0 bridgehead atoms. The SMILES string of the molecule is COc1cc(NC2CCN(C)C(C)C2)cc(OC)c1. The fourth-order valence-electron chi connectivity index (χ4n) is 2.55. The second-order valence-electron chi connectivity index (χ2n) is 5.30. The first-order valence-corrected chi connectivity index (χ1v) is 6.82. The fraction of sp³-hybridized carbons (Fsp3) is 0.600. The van der Waals surface area contributed by atoms with Gasteiger partial charge in [-0.2, -0.15) is 0 Å². The molecule has 106 valence electrons. The summed E-state index contributed by atoms with van der Waals surface area (Å²) >= 11 is 0. The average molecular weight is 264 g/mol. The summed E-state index contributed by atoms with van der Waals surface area (Å²) in [4.78, 5) is 2.41. The first-order valence-electron chi connectivity index (χ1n) is 6.82. The van der Waals surface area contributed by atoms with Crippen LogP contribution < -0.4 is 14.8 Å². The van der Waals surface area contributed by atoms with Crippen LogP contribution in [0.15, 0.2) is 18.2 Å². The Kier molecular flexibility index (Phi) is 4.53. The van der Waals surface area contributed by atoms with Crippen molar-refractivity contribution in [3.05, 3.63) is 18.2 Å². The van der Waals surface area contributed by atoms with E-state index in [-0.39, 0.29) is 0 Å². The Bertz CT molecular complexity index is 400. The topological polar surface area (TPSA) is 33.7 Å². The summed E-state index contributed by atoms with van der Waals surface area (Å²) in [5, 5.41) is 3.59. The zero-order valence-electron chi connectivity index (χ0n) is 12.3. The summed E-state index contributed by atoms with van der Waals surface area (Å²) < 4.78 is 10.6. The number of ether oxygens (including phenoxy) is 2. The molecule has 1 aromatic rings. The zero-order valence-corrected chi connectivity index (χ0v) is 12.3. The predicted octanol–water partition coefficient (Wildman–Crippen LogP) is 2.60. The molecule has 1 fully saturated rings. The van der Waals surface area contributed by atoms with Gasteiger partial charge in [-0.3, -0.25) is 0 Å². The summed E-state index contributed by atoms with van der Waals surface area (Å²) in [6.45, 7) is 3.42. The van der Waals surface area contributed by atoms with Crippen molar-refractivity contribution in [3.8, 4) is 11.5 Å². The van der Waals surface area contributed by atoms with Crippen molar-refractivity contribution in [2.75, 3.05) is 33.1 Å². The van der Waals surface area contributed by atoms with Gasteiger partial charge in [0.25, 0.3) is 0 Å². The molecule has 4 nitrogen and oxygen atoms in total. The van der Waals surface area contributed by atoms with Crippen molar-refractivity contribution in [2.45, 2.75) is 31.8 Å². The van der Waals surface area contributed by atoms with Gasteiger partial charge in [-0.15, -0.1) is 0 Å². The van der Waals surface area contributed by atoms with Crippen LogP contribution in [0.25, 0.3) is 0 Å². The number of piperidine rings is 1. The first kappa shape index (κ1) is 14.0. The molecule has 1 N–H and O–H groups in total. The molecule has 4 heteroatoms. The minimum atomic E-state index is 0.517. The molecule has 0 aliphatic carbocycles. The van der Waals surface area contributed by atoms with E-state index in [0.717, 1.165) is 30.2 Å². The van der Waals surface area contributed by atoms with E-state index in [1.165, 1.54) is 6.42 Å². The highest BCUT2D eigenvalue weighted by Crippen LogP contribution is 2.28. The van der Waals surface area contributed by atoms with E-state index in [0.29, 0.717) is 12.1 Å². The second-order valence-corrected chi connectivity index (χ2v) is 5.30. The molecule has 0 aromatic heterocycles. The summed E-state index contributed by atoms with van der Waals surface area (Å²) in [5.74, 6) is 1.64. The first-order chi connectivity index (χ1) is 9.12. The van der Waals surface area contributed by atoms with Crippen molar-refractivity contribution in [2.24, 2.45) is 0 Å². The van der Waals surface area contributed by atoms with Crippen LogP contribution in [0.3, 0.4) is 0 Å². The number of likely N-dealkylation sites (tertiary alicyclic amines) is 1. The molecule has 2 atom stereocenters. The number of hydrogen-bond acceptors (Lipinski definition) is 4. The number of methoxy groups -OCH3 is 2. The van der Waals surface area contributed by atoms with Gasteiger partial charge in [-0.25, -0.2) is 0 Å². The van der Waals surface area contributed by atoms with Crippen LogP contribution in [0, 0.1) is 0 Å². The molecule has 1 aromatic carbocycles. The van der Waals surface area contributed by atoms with Crippen LogP contribution in [-0.4, -0.2) is 44.8 Å². The number of nitrogens with one attached hydrogen (secondary N) is 1. The van der Waals surface area contributed by atoms with Crippen LogP contribution in [0.4, 0.5) is 5.69 Å². The van der Waals surface area contributed by atoms with Crippen LogP contribution in [0.1, 0.15) is 19.8 Å². The van der Waals surface area contributed by atoms with Crippen LogP contribution in [0.2, 0.25) is 0 Å². The molecule has 1 saturated heterocycles. The lowest BCUT2D eigenvalue weighted by molar-refractivity contribution is 0.190. The molecule has 1 heterocycles. The maximum absolute atomic E-state index is 5.30. The van der Waals surface area contributed by atoms with E-state index < -0.39 is 0 Å². The van der Waals surface area contributed by atoms with Gasteiger partial charge < -0.3 is 19.7 Å². The molecule has 2 unspecified atom stereocenters. The summed E-state index contributed by atoms with van der Waals surface area (Å²) in [5.41, 5.74) is 1.07. The minimum absolute atomic E-state index is 0.517. The van der Waals surface area contributed by atoms with Gasteiger partial charge in [0.2, 0.25) is 0 Å². The number of hydrogen-bond donors (Lipinski definition) is 1. The molecule has 0 amide bonds. The fourth-order valence-corrected chi connectivity index (χ4v) is 2.55. The standard InChI is InChI=1S/C15H24N2O2/c1-11-7-12(5-6-17(11)2)16-13-8-14(18-3)10-15(9-13)19-4/h8-12,16H,5-7H2,1-4H3. The van der Waals surface area contributed by atoms with Crippen LogP contribution in [0.5, 0.6) is 11.5 Å². The highest BCUT2D eigenvalue weighted by Gasteiger charge is 2.22. The van der Waals surface area contributed by atoms with E-state index in [4.69, 9.17) is 9.47 Å². The van der Waals surface area contributed by atoms with Crippen molar-refractivity contribution in [3.63, 3.8) is 0 Å². The Morgan fingerprint density at radius 1 is 1.16 bits per heavy atom. The van der Waals surface area contributed by atoms with Gasteiger partial charge in [0, 0.05) is 42.5 Å².